The van der Waals surface area contributed by atoms with Crippen molar-refractivity contribution in [2.24, 2.45) is 41.2 Å². The third-order valence-electron chi connectivity index (χ3n) is 10.6. The number of likely N-dealkylation sites (tertiary alicyclic amines) is 1. The highest BCUT2D eigenvalue weighted by Crippen LogP contribution is 2.53. The Labute approximate surface area is 245 Å². The molecular formula is C30H34F3N3O7. The first kappa shape index (κ1) is 29.9. The number of alkyl halides is 3. The Morgan fingerprint density at radius 2 is 1.72 bits per heavy atom. The highest BCUT2D eigenvalue weighted by Gasteiger charge is 2.69. The lowest BCUT2D eigenvalue weighted by Crippen LogP contribution is -2.74. The number of likely N-dealkylation sites (N-methyl/N-ethyl adjacent to an activating group) is 1. The second-order valence-corrected chi connectivity index (χ2v) is 13.2. The maximum Gasteiger partial charge on any atom is 0.417 e. The van der Waals surface area contributed by atoms with E-state index in [4.69, 9.17) is 5.73 Å². The van der Waals surface area contributed by atoms with Crippen LogP contribution in [0.3, 0.4) is 0 Å². The van der Waals surface area contributed by atoms with E-state index in [-0.39, 0.29) is 18.5 Å². The molecule has 6 rings (SSSR count). The van der Waals surface area contributed by atoms with E-state index in [2.05, 4.69) is 0 Å². The number of carbonyl (C=O) groups excluding carboxylic acids is 5. The summed E-state index contributed by atoms with van der Waals surface area (Å²) >= 11 is 0. The van der Waals surface area contributed by atoms with Crippen LogP contribution in [0, 0.1) is 35.5 Å². The molecule has 232 valence electrons. The first-order valence-corrected chi connectivity index (χ1v) is 14.6. The van der Waals surface area contributed by atoms with Gasteiger partial charge in [-0.25, -0.2) is 0 Å². The zero-order chi connectivity index (χ0) is 31.3. The highest BCUT2D eigenvalue weighted by atomic mass is 19.4. The molecule has 43 heavy (non-hydrogen) atoms. The third-order valence-corrected chi connectivity index (χ3v) is 10.6. The maximum absolute atomic E-state index is 14.8. The first-order chi connectivity index (χ1) is 20.1. The van der Waals surface area contributed by atoms with Gasteiger partial charge in [0.15, 0.2) is 34.7 Å². The van der Waals surface area contributed by atoms with Crippen LogP contribution in [0.15, 0.2) is 6.07 Å². The smallest absolute Gasteiger partial charge is 0.417 e. The molecule has 1 amide bonds. The van der Waals surface area contributed by atoms with Crippen LogP contribution in [-0.2, 0) is 38.3 Å². The van der Waals surface area contributed by atoms with E-state index >= 15 is 0 Å². The van der Waals surface area contributed by atoms with Crippen molar-refractivity contribution < 1.29 is 47.4 Å². The minimum Gasteiger partial charge on any atom is -0.507 e. The molecule has 0 aromatic heterocycles. The summed E-state index contributed by atoms with van der Waals surface area (Å²) in [5.74, 6) is -12.4. The minimum absolute atomic E-state index is 0.0630. The Morgan fingerprint density at radius 3 is 2.28 bits per heavy atom. The van der Waals surface area contributed by atoms with Gasteiger partial charge in [0, 0.05) is 25.6 Å². The summed E-state index contributed by atoms with van der Waals surface area (Å²) in [6, 6.07) is -0.396. The molecule has 1 aromatic carbocycles. The van der Waals surface area contributed by atoms with Crippen molar-refractivity contribution in [2.45, 2.75) is 56.5 Å². The van der Waals surface area contributed by atoms with Gasteiger partial charge in [-0.05, 0) is 74.7 Å². The Kier molecular flexibility index (Phi) is 6.90. The topological polar surface area (TPSA) is 158 Å². The molecule has 0 spiro atoms. The van der Waals surface area contributed by atoms with Crippen LogP contribution in [0.25, 0.3) is 0 Å². The molecule has 0 radical (unpaired) electrons. The van der Waals surface area contributed by atoms with Crippen LogP contribution in [0.1, 0.15) is 52.7 Å². The van der Waals surface area contributed by atoms with Gasteiger partial charge in [-0.2, -0.15) is 13.2 Å². The van der Waals surface area contributed by atoms with Crippen LogP contribution in [0.5, 0.6) is 5.75 Å². The van der Waals surface area contributed by atoms with Crippen molar-refractivity contribution in [3.05, 3.63) is 28.3 Å². The van der Waals surface area contributed by atoms with E-state index in [1.807, 2.05) is 4.90 Å². The van der Waals surface area contributed by atoms with Gasteiger partial charge in [-0.3, -0.25) is 33.8 Å². The van der Waals surface area contributed by atoms with Gasteiger partial charge < -0.3 is 15.9 Å². The number of aromatic hydroxyl groups is 1. The quantitative estimate of drug-likeness (QED) is 0.428. The number of amides is 1. The van der Waals surface area contributed by atoms with Gasteiger partial charge in [0.1, 0.15) is 5.75 Å². The molecule has 13 heteroatoms. The molecule has 4 aliphatic carbocycles. The molecule has 1 aromatic rings. The van der Waals surface area contributed by atoms with Crippen LogP contribution >= 0.6 is 0 Å². The first-order valence-electron chi connectivity index (χ1n) is 14.6. The molecule has 8 atom stereocenters. The van der Waals surface area contributed by atoms with Gasteiger partial charge >= 0.3 is 6.18 Å². The van der Waals surface area contributed by atoms with Gasteiger partial charge in [-0.15, -0.1) is 0 Å². The summed E-state index contributed by atoms with van der Waals surface area (Å²) in [5, 5.41) is 22.6. The van der Waals surface area contributed by atoms with Gasteiger partial charge in [0.2, 0.25) is 5.91 Å². The van der Waals surface area contributed by atoms with E-state index in [1.54, 1.807) is 0 Å². The molecule has 1 aliphatic heterocycles. The van der Waals surface area contributed by atoms with Gasteiger partial charge in [-0.1, -0.05) is 6.42 Å². The van der Waals surface area contributed by atoms with Crippen molar-refractivity contribution in [1.82, 2.24) is 9.80 Å². The fraction of sp³-hybridized carbons (Fsp3) is 0.633. The number of halogens is 3. The van der Waals surface area contributed by atoms with Crippen molar-refractivity contribution >= 4 is 29.0 Å². The number of phenolic OH excluding ortho intramolecular Hbond substituents is 1. The Hall–Kier alpha value is -3.16. The zero-order valence-electron chi connectivity index (χ0n) is 23.8. The molecule has 4 N–H and O–H groups in total. The lowest BCUT2D eigenvalue weighted by atomic mass is 9.52. The maximum atomic E-state index is 14.8. The number of hydrogen-bond acceptors (Lipinski definition) is 9. The van der Waals surface area contributed by atoms with Crippen molar-refractivity contribution in [3.8, 4) is 5.75 Å². The fourth-order valence-electron chi connectivity index (χ4n) is 8.92. The summed E-state index contributed by atoms with van der Waals surface area (Å²) in [4.78, 5) is 69.6. The Bertz CT molecular complexity index is 1450. The monoisotopic (exact) mass is 605 g/mol. The van der Waals surface area contributed by atoms with Crippen LogP contribution < -0.4 is 5.73 Å². The standard InChI is InChI=1S/C30H34F3N3O7/c1-35(2)23-17-7-14-6-16-20(24(38)19(14)26(40)29(17,43)27(41)21(25(23)39)28(34)42)18(37)8-15(22(16)30(31,32)33)11-36-9-12-4-3-5-13(12)10-36/h8,12-14,17,19,21,23,37,43H,3-7,9-11H2,1-2H3,(H2,34,42)/t12?,13?,14-,17-,19?,21?,23-,29-/m0/s1. The van der Waals surface area contributed by atoms with E-state index < -0.39 is 99.4 Å². The number of nitrogens with zero attached hydrogens (tertiary/aromatic N) is 2. The van der Waals surface area contributed by atoms with E-state index in [0.29, 0.717) is 24.9 Å². The molecule has 3 saturated carbocycles. The van der Waals surface area contributed by atoms with Crippen LogP contribution in [0.2, 0.25) is 0 Å². The lowest BCUT2D eigenvalue weighted by molar-refractivity contribution is -0.181. The number of aliphatic hydroxyl groups is 1. The summed E-state index contributed by atoms with van der Waals surface area (Å²) in [7, 11) is 2.88. The number of fused-ring (bicyclic) bond motifs is 4. The SMILES string of the molecule is CN(C)[C@@H]1C(=O)C(C(N)=O)C(=O)[C@@]2(O)C(=O)C3C(=O)c4c(O)cc(CN5CC6CCCC6C5)c(C(F)(F)F)c4C[C@H]3C[C@@H]12. The van der Waals surface area contributed by atoms with Crippen molar-refractivity contribution in [3.63, 3.8) is 0 Å². The molecule has 1 heterocycles. The highest BCUT2D eigenvalue weighted by molar-refractivity contribution is 6.32. The summed E-state index contributed by atoms with van der Waals surface area (Å²) in [5.41, 5.74) is 0.112. The molecule has 10 nitrogen and oxygen atoms in total. The van der Waals surface area contributed by atoms with E-state index in [1.165, 1.54) is 19.0 Å². The second kappa shape index (κ2) is 9.93. The molecule has 0 bridgehead atoms. The van der Waals surface area contributed by atoms with Crippen LogP contribution in [-0.4, -0.2) is 87.9 Å². The number of carbonyl (C=O) groups is 5. The average molecular weight is 606 g/mol. The molecule has 5 aliphatic rings. The number of nitrogens with two attached hydrogens (primary N) is 1. The summed E-state index contributed by atoms with van der Waals surface area (Å²) in [6.45, 7) is 1.24. The number of hydrogen-bond donors (Lipinski definition) is 3. The van der Waals surface area contributed by atoms with E-state index in [0.717, 1.165) is 25.3 Å². The molecule has 4 fully saturated rings. The third kappa shape index (κ3) is 4.29. The fourth-order valence-corrected chi connectivity index (χ4v) is 8.92. The van der Waals surface area contributed by atoms with Crippen molar-refractivity contribution in [1.29, 1.82) is 0 Å². The van der Waals surface area contributed by atoms with Gasteiger partial charge in [0.05, 0.1) is 23.1 Å². The number of rotatable bonds is 4. The lowest BCUT2D eigenvalue weighted by Gasteiger charge is -2.52. The molecule has 1 saturated heterocycles. The largest absolute Gasteiger partial charge is 0.507 e. The van der Waals surface area contributed by atoms with Gasteiger partial charge in [0.25, 0.3) is 0 Å². The number of primary amides is 1. The Morgan fingerprint density at radius 1 is 1.09 bits per heavy atom. The summed E-state index contributed by atoms with van der Waals surface area (Å²) in [6.07, 6.45) is -2.48. The predicted octanol–water partition coefficient (Wildman–Crippen LogP) is 1.12. The Balaban J connectivity index is 1.43. The number of phenols is 1. The minimum atomic E-state index is -4.88. The predicted molar refractivity (Wildman–Crippen MR) is 142 cm³/mol. The second-order valence-electron chi connectivity index (χ2n) is 13.2. The van der Waals surface area contributed by atoms with Crippen molar-refractivity contribution in [2.75, 3.05) is 27.2 Å². The van der Waals surface area contributed by atoms with E-state index in [9.17, 15) is 47.4 Å². The summed E-state index contributed by atoms with van der Waals surface area (Å²) < 4.78 is 44.3. The number of benzene rings is 1. The van der Waals surface area contributed by atoms with Crippen LogP contribution in [0.4, 0.5) is 13.2 Å². The average Bonchev–Trinajstić information content (AvgIpc) is 3.47. The number of Topliss-reactive ketones (excluding diaryl/α,β-unsaturated/α-hetero) is 4. The number of ketones is 4. The molecular weight excluding hydrogens is 571 g/mol. The zero-order valence-corrected chi connectivity index (χ0v) is 23.8. The normalized spacial score (nSPS) is 36.0. The molecule has 4 unspecified atom stereocenters.